The zero-order chi connectivity index (χ0) is 19.4. The van der Waals surface area contributed by atoms with Crippen molar-refractivity contribution in [3.8, 4) is 5.75 Å². The number of halogens is 1. The van der Waals surface area contributed by atoms with E-state index in [2.05, 4.69) is 25.3 Å². The van der Waals surface area contributed by atoms with Gasteiger partial charge in [0.1, 0.15) is 5.75 Å². The summed E-state index contributed by atoms with van der Waals surface area (Å²) in [6, 6.07) is 12.7. The van der Waals surface area contributed by atoms with Crippen molar-refractivity contribution in [3.63, 3.8) is 0 Å². The summed E-state index contributed by atoms with van der Waals surface area (Å²) < 4.78 is 39.5. The maximum absolute atomic E-state index is 14.1. The van der Waals surface area contributed by atoms with Gasteiger partial charge in [-0.2, -0.15) is 4.98 Å². The standard InChI is InChI=1S/C17H16FN5O3S/c1-27(25,26)23-15-8-3-2-7-14(15)21-16-13(18)10-19-17(22-16)20-11-5-4-6-12(24)9-11/h2-10,23-24H,1H3,(H2,19,20,21,22). The Bertz CT molecular complexity index is 1080. The zero-order valence-electron chi connectivity index (χ0n) is 14.1. The molecule has 0 aliphatic carbocycles. The Labute approximate surface area is 155 Å². The van der Waals surface area contributed by atoms with E-state index in [1.54, 1.807) is 30.3 Å². The van der Waals surface area contributed by atoms with Crippen LogP contribution in [0.2, 0.25) is 0 Å². The second-order valence-corrected chi connectivity index (χ2v) is 7.36. The lowest BCUT2D eigenvalue weighted by atomic mass is 10.2. The predicted molar refractivity (Wildman–Crippen MR) is 102 cm³/mol. The van der Waals surface area contributed by atoms with E-state index in [0.717, 1.165) is 12.5 Å². The van der Waals surface area contributed by atoms with Gasteiger partial charge in [-0.05, 0) is 24.3 Å². The minimum atomic E-state index is -3.51. The van der Waals surface area contributed by atoms with Crippen LogP contribution in [0.5, 0.6) is 5.75 Å². The monoisotopic (exact) mass is 389 g/mol. The highest BCUT2D eigenvalue weighted by Crippen LogP contribution is 2.27. The molecule has 10 heteroatoms. The molecule has 3 aromatic rings. The molecule has 0 radical (unpaired) electrons. The molecule has 0 saturated heterocycles. The molecule has 0 saturated carbocycles. The van der Waals surface area contributed by atoms with Gasteiger partial charge in [0.15, 0.2) is 11.6 Å². The number of nitrogens with one attached hydrogen (secondary N) is 3. The fourth-order valence-corrected chi connectivity index (χ4v) is 2.81. The van der Waals surface area contributed by atoms with Crippen LogP contribution in [-0.2, 0) is 10.0 Å². The van der Waals surface area contributed by atoms with Gasteiger partial charge in [-0.3, -0.25) is 4.72 Å². The topological polar surface area (TPSA) is 116 Å². The van der Waals surface area contributed by atoms with E-state index in [9.17, 15) is 17.9 Å². The summed E-state index contributed by atoms with van der Waals surface area (Å²) in [5.41, 5.74) is 1.09. The number of benzene rings is 2. The molecule has 0 bridgehead atoms. The van der Waals surface area contributed by atoms with Crippen molar-refractivity contribution in [1.29, 1.82) is 0 Å². The van der Waals surface area contributed by atoms with Crippen LogP contribution in [0.25, 0.3) is 0 Å². The zero-order valence-corrected chi connectivity index (χ0v) is 15.0. The maximum atomic E-state index is 14.1. The highest BCUT2D eigenvalue weighted by molar-refractivity contribution is 7.92. The van der Waals surface area contributed by atoms with Crippen molar-refractivity contribution in [1.82, 2.24) is 9.97 Å². The molecule has 0 fully saturated rings. The van der Waals surface area contributed by atoms with Crippen molar-refractivity contribution in [2.75, 3.05) is 21.6 Å². The van der Waals surface area contributed by atoms with E-state index in [-0.39, 0.29) is 23.2 Å². The third-order valence-corrected chi connectivity index (χ3v) is 3.91. The number of phenolic OH excluding ortho intramolecular Hbond substituents is 1. The molecular formula is C17H16FN5O3S. The summed E-state index contributed by atoms with van der Waals surface area (Å²) in [5.74, 6) is -0.708. The lowest BCUT2D eigenvalue weighted by Gasteiger charge is -2.13. The van der Waals surface area contributed by atoms with Gasteiger partial charge in [0.05, 0.1) is 23.8 Å². The molecule has 0 aliphatic rings. The molecule has 27 heavy (non-hydrogen) atoms. The Morgan fingerprint density at radius 1 is 1.04 bits per heavy atom. The van der Waals surface area contributed by atoms with Gasteiger partial charge in [-0.25, -0.2) is 17.8 Å². The fraction of sp³-hybridized carbons (Fsp3) is 0.0588. The predicted octanol–water partition coefficient (Wildman–Crippen LogP) is 3.18. The highest BCUT2D eigenvalue weighted by Gasteiger charge is 2.12. The van der Waals surface area contributed by atoms with Crippen LogP contribution in [0.4, 0.5) is 33.2 Å². The number of hydrogen-bond acceptors (Lipinski definition) is 7. The molecule has 140 valence electrons. The van der Waals surface area contributed by atoms with Gasteiger partial charge in [0, 0.05) is 11.8 Å². The third kappa shape index (κ3) is 5.05. The second kappa shape index (κ2) is 7.46. The number of rotatable bonds is 6. The number of aromatic nitrogens is 2. The summed E-state index contributed by atoms with van der Waals surface area (Å²) in [6.07, 6.45) is 2.00. The van der Waals surface area contributed by atoms with Crippen LogP contribution in [0.15, 0.2) is 54.7 Å². The number of para-hydroxylation sites is 2. The fourth-order valence-electron chi connectivity index (χ4n) is 2.24. The molecule has 1 heterocycles. The first-order chi connectivity index (χ1) is 12.8. The summed E-state index contributed by atoms with van der Waals surface area (Å²) in [4.78, 5) is 7.92. The molecule has 8 nitrogen and oxygen atoms in total. The van der Waals surface area contributed by atoms with Crippen LogP contribution < -0.4 is 15.4 Å². The van der Waals surface area contributed by atoms with Crippen molar-refractivity contribution < 1.29 is 17.9 Å². The quantitative estimate of drug-likeness (QED) is 0.512. The Morgan fingerprint density at radius 2 is 1.78 bits per heavy atom. The normalized spacial score (nSPS) is 11.0. The van der Waals surface area contributed by atoms with Crippen LogP contribution in [0.1, 0.15) is 0 Å². The first kappa shape index (κ1) is 18.4. The molecule has 3 rings (SSSR count). The van der Waals surface area contributed by atoms with Gasteiger partial charge < -0.3 is 15.7 Å². The smallest absolute Gasteiger partial charge is 0.229 e. The number of hydrogen-bond donors (Lipinski definition) is 4. The van der Waals surface area contributed by atoms with Crippen LogP contribution in [-0.4, -0.2) is 29.7 Å². The Hall–Kier alpha value is -3.40. The van der Waals surface area contributed by atoms with Crippen molar-refractivity contribution in [2.45, 2.75) is 0 Å². The van der Waals surface area contributed by atoms with Gasteiger partial charge >= 0.3 is 0 Å². The summed E-state index contributed by atoms with van der Waals surface area (Å²) in [6.45, 7) is 0. The first-order valence-electron chi connectivity index (χ1n) is 7.72. The molecular weight excluding hydrogens is 373 g/mol. The van der Waals surface area contributed by atoms with E-state index in [1.165, 1.54) is 18.2 Å². The number of nitrogens with zero attached hydrogens (tertiary/aromatic N) is 2. The first-order valence-corrected chi connectivity index (χ1v) is 9.62. The van der Waals surface area contributed by atoms with Gasteiger partial charge in [0.25, 0.3) is 0 Å². The van der Waals surface area contributed by atoms with E-state index < -0.39 is 15.8 Å². The minimum absolute atomic E-state index is 0.0567. The molecule has 1 aromatic heterocycles. The lowest BCUT2D eigenvalue weighted by Crippen LogP contribution is -2.11. The Kier molecular flexibility index (Phi) is 5.08. The van der Waals surface area contributed by atoms with Gasteiger partial charge in [0.2, 0.25) is 16.0 Å². The lowest BCUT2D eigenvalue weighted by molar-refractivity contribution is 0.475. The largest absolute Gasteiger partial charge is 0.508 e. The van der Waals surface area contributed by atoms with Crippen molar-refractivity contribution >= 4 is 38.9 Å². The third-order valence-electron chi connectivity index (χ3n) is 3.32. The van der Waals surface area contributed by atoms with E-state index in [0.29, 0.717) is 11.4 Å². The molecule has 0 spiro atoms. The van der Waals surface area contributed by atoms with Crippen molar-refractivity contribution in [3.05, 3.63) is 60.5 Å². The van der Waals surface area contributed by atoms with E-state index in [4.69, 9.17) is 0 Å². The van der Waals surface area contributed by atoms with Gasteiger partial charge in [-0.15, -0.1) is 0 Å². The summed E-state index contributed by atoms with van der Waals surface area (Å²) in [5, 5.41) is 15.1. The van der Waals surface area contributed by atoms with Crippen LogP contribution >= 0.6 is 0 Å². The average molecular weight is 389 g/mol. The minimum Gasteiger partial charge on any atom is -0.508 e. The van der Waals surface area contributed by atoms with E-state index in [1.807, 2.05) is 0 Å². The van der Waals surface area contributed by atoms with E-state index >= 15 is 0 Å². The van der Waals surface area contributed by atoms with Crippen molar-refractivity contribution in [2.24, 2.45) is 0 Å². The molecule has 0 aliphatic heterocycles. The maximum Gasteiger partial charge on any atom is 0.229 e. The van der Waals surface area contributed by atoms with Crippen LogP contribution in [0, 0.1) is 5.82 Å². The summed E-state index contributed by atoms with van der Waals surface area (Å²) >= 11 is 0. The second-order valence-electron chi connectivity index (χ2n) is 5.61. The average Bonchev–Trinajstić information content (AvgIpc) is 2.58. The SMILES string of the molecule is CS(=O)(=O)Nc1ccccc1Nc1nc(Nc2cccc(O)c2)ncc1F. The Morgan fingerprint density at radius 3 is 2.48 bits per heavy atom. The number of phenols is 1. The van der Waals surface area contributed by atoms with Crippen LogP contribution in [0.3, 0.4) is 0 Å². The Balaban J connectivity index is 1.88. The molecule has 0 atom stereocenters. The van der Waals surface area contributed by atoms with Gasteiger partial charge in [-0.1, -0.05) is 18.2 Å². The highest BCUT2D eigenvalue weighted by atomic mass is 32.2. The molecule has 0 unspecified atom stereocenters. The molecule has 0 amide bonds. The molecule has 4 N–H and O–H groups in total. The number of sulfonamides is 1. The number of anilines is 5. The summed E-state index contributed by atoms with van der Waals surface area (Å²) in [7, 11) is -3.51. The molecule has 2 aromatic carbocycles. The number of aromatic hydroxyl groups is 1.